The molecule has 0 saturated carbocycles. The zero-order chi connectivity index (χ0) is 10.0. The highest BCUT2D eigenvalue weighted by Gasteiger charge is 2.08. The second-order valence-electron chi connectivity index (χ2n) is 2.85. The first-order valence-corrected chi connectivity index (χ1v) is 3.85. The molecule has 0 unspecified atom stereocenters. The summed E-state index contributed by atoms with van der Waals surface area (Å²) < 4.78 is 4.82. The van der Waals surface area contributed by atoms with Crippen LogP contribution in [0.25, 0.3) is 0 Å². The monoisotopic (exact) mass is 180 g/mol. The molecule has 0 atom stereocenters. The lowest BCUT2D eigenvalue weighted by atomic mass is 10.1. The number of nitrogens with two attached hydrogens (primary N) is 2. The van der Waals surface area contributed by atoms with Crippen molar-refractivity contribution >= 4 is 11.8 Å². The molecule has 0 fully saturated rings. The van der Waals surface area contributed by atoms with E-state index < -0.39 is 6.09 Å². The van der Waals surface area contributed by atoms with Gasteiger partial charge < -0.3 is 16.2 Å². The second kappa shape index (κ2) is 3.35. The number of rotatable bonds is 1. The molecule has 0 radical (unpaired) electrons. The van der Waals surface area contributed by atoms with Crippen LogP contribution < -0.4 is 16.2 Å². The predicted octanol–water partition coefficient (Wildman–Crippen LogP) is 1.34. The molecule has 1 aromatic rings. The van der Waals surface area contributed by atoms with Gasteiger partial charge in [-0.15, -0.1) is 0 Å². The fourth-order valence-corrected chi connectivity index (χ4v) is 1.10. The average Bonchev–Trinajstić information content (AvgIpc) is 2.05. The van der Waals surface area contributed by atoms with E-state index in [1.807, 2.05) is 6.92 Å². The van der Waals surface area contributed by atoms with Gasteiger partial charge in [0.15, 0.2) is 0 Å². The average molecular weight is 180 g/mol. The molecular formula is C9H12N2O2. The Labute approximate surface area is 76.5 Å². The van der Waals surface area contributed by atoms with Crippen molar-refractivity contribution < 1.29 is 9.53 Å². The molecule has 0 heterocycles. The fourth-order valence-electron chi connectivity index (χ4n) is 1.10. The van der Waals surface area contributed by atoms with Crippen LogP contribution >= 0.6 is 0 Å². The van der Waals surface area contributed by atoms with Crippen molar-refractivity contribution in [1.82, 2.24) is 0 Å². The van der Waals surface area contributed by atoms with Crippen molar-refractivity contribution in [3.05, 3.63) is 23.3 Å². The van der Waals surface area contributed by atoms with Gasteiger partial charge in [0.05, 0.1) is 0 Å². The van der Waals surface area contributed by atoms with Crippen molar-refractivity contribution in [3.63, 3.8) is 0 Å². The molecule has 1 aromatic carbocycles. The molecule has 0 aliphatic carbocycles. The summed E-state index contributed by atoms with van der Waals surface area (Å²) in [6, 6.07) is 3.54. The summed E-state index contributed by atoms with van der Waals surface area (Å²) in [7, 11) is 0. The van der Waals surface area contributed by atoms with Crippen LogP contribution in [0.3, 0.4) is 0 Å². The van der Waals surface area contributed by atoms with Crippen LogP contribution in [0.4, 0.5) is 10.5 Å². The standard InChI is InChI=1S/C9H12N2O2/c1-5-3-4-7(10)6(2)8(5)13-9(11)12/h3-4H,10H2,1-2H3,(H2,11,12). The molecule has 4 N–H and O–H groups in total. The number of carbonyl (C=O) groups is 1. The van der Waals surface area contributed by atoms with E-state index in [0.717, 1.165) is 11.1 Å². The van der Waals surface area contributed by atoms with Crippen molar-refractivity contribution in [1.29, 1.82) is 0 Å². The lowest BCUT2D eigenvalue weighted by Gasteiger charge is -2.10. The summed E-state index contributed by atoms with van der Waals surface area (Å²) in [5, 5.41) is 0. The minimum atomic E-state index is -0.822. The van der Waals surface area contributed by atoms with Gasteiger partial charge in [-0.05, 0) is 25.5 Å². The van der Waals surface area contributed by atoms with Crippen molar-refractivity contribution in [3.8, 4) is 5.75 Å². The molecule has 0 aliphatic rings. The maximum absolute atomic E-state index is 10.5. The van der Waals surface area contributed by atoms with E-state index in [9.17, 15) is 4.79 Å². The summed E-state index contributed by atoms with van der Waals surface area (Å²) in [5.41, 5.74) is 12.7. The number of nitrogen functional groups attached to an aromatic ring is 1. The smallest absolute Gasteiger partial charge is 0.409 e. The zero-order valence-corrected chi connectivity index (χ0v) is 7.63. The highest BCUT2D eigenvalue weighted by molar-refractivity contribution is 5.71. The number of hydrogen-bond acceptors (Lipinski definition) is 3. The first-order valence-electron chi connectivity index (χ1n) is 3.85. The Hall–Kier alpha value is -1.71. The Bertz CT molecular complexity index is 348. The minimum absolute atomic E-state index is 0.451. The van der Waals surface area contributed by atoms with Gasteiger partial charge >= 0.3 is 6.09 Å². The first-order chi connectivity index (χ1) is 6.02. The molecule has 0 aromatic heterocycles. The van der Waals surface area contributed by atoms with Crippen LogP contribution in [0.2, 0.25) is 0 Å². The molecular weight excluding hydrogens is 168 g/mol. The first kappa shape index (κ1) is 9.38. The maximum atomic E-state index is 10.5. The third kappa shape index (κ3) is 1.90. The van der Waals surface area contributed by atoms with E-state index in [1.165, 1.54) is 0 Å². The number of hydrogen-bond donors (Lipinski definition) is 2. The van der Waals surface area contributed by atoms with Crippen molar-refractivity contribution in [2.45, 2.75) is 13.8 Å². The lowest BCUT2D eigenvalue weighted by molar-refractivity contribution is 0.210. The molecule has 1 amide bonds. The van der Waals surface area contributed by atoms with Crippen LogP contribution in [0.5, 0.6) is 5.75 Å². The molecule has 0 spiro atoms. The molecule has 0 saturated heterocycles. The van der Waals surface area contributed by atoms with Crippen LogP contribution in [0, 0.1) is 13.8 Å². The van der Waals surface area contributed by atoms with E-state index >= 15 is 0 Å². The Morgan fingerprint density at radius 3 is 2.54 bits per heavy atom. The van der Waals surface area contributed by atoms with E-state index in [1.54, 1.807) is 19.1 Å². The molecule has 13 heavy (non-hydrogen) atoms. The minimum Gasteiger partial charge on any atom is -0.410 e. The van der Waals surface area contributed by atoms with E-state index in [0.29, 0.717) is 11.4 Å². The summed E-state index contributed by atoms with van der Waals surface area (Å²) >= 11 is 0. The molecule has 4 nitrogen and oxygen atoms in total. The van der Waals surface area contributed by atoms with Crippen LogP contribution in [0.1, 0.15) is 11.1 Å². The molecule has 70 valence electrons. The lowest BCUT2D eigenvalue weighted by Crippen LogP contribution is -2.17. The predicted molar refractivity (Wildman–Crippen MR) is 50.5 cm³/mol. The maximum Gasteiger partial charge on any atom is 0.409 e. The number of amides is 1. The quantitative estimate of drug-likeness (QED) is 0.640. The van der Waals surface area contributed by atoms with Gasteiger partial charge in [0.1, 0.15) is 5.75 Å². The largest absolute Gasteiger partial charge is 0.410 e. The van der Waals surface area contributed by atoms with E-state index in [2.05, 4.69) is 0 Å². The SMILES string of the molecule is Cc1ccc(N)c(C)c1OC(N)=O. The Balaban J connectivity index is 3.17. The summed E-state index contributed by atoms with van der Waals surface area (Å²) in [6.45, 7) is 3.60. The van der Waals surface area contributed by atoms with Gasteiger partial charge in [-0.3, -0.25) is 0 Å². The Morgan fingerprint density at radius 1 is 1.38 bits per heavy atom. The number of carbonyl (C=O) groups excluding carboxylic acids is 1. The van der Waals surface area contributed by atoms with Gasteiger partial charge in [0.25, 0.3) is 0 Å². The van der Waals surface area contributed by atoms with Gasteiger partial charge in [-0.25, -0.2) is 4.79 Å². The van der Waals surface area contributed by atoms with Crippen LogP contribution in [-0.2, 0) is 0 Å². The van der Waals surface area contributed by atoms with E-state index in [4.69, 9.17) is 16.2 Å². The van der Waals surface area contributed by atoms with Gasteiger partial charge in [-0.2, -0.15) is 0 Å². The molecule has 0 aliphatic heterocycles. The summed E-state index contributed by atoms with van der Waals surface area (Å²) in [5.74, 6) is 0.451. The van der Waals surface area contributed by atoms with E-state index in [-0.39, 0.29) is 0 Å². The van der Waals surface area contributed by atoms with Gasteiger partial charge in [0.2, 0.25) is 0 Å². The Kier molecular flexibility index (Phi) is 2.41. The summed E-state index contributed by atoms with van der Waals surface area (Å²) in [4.78, 5) is 10.5. The fraction of sp³-hybridized carbons (Fsp3) is 0.222. The number of primary amides is 1. The highest BCUT2D eigenvalue weighted by atomic mass is 16.5. The van der Waals surface area contributed by atoms with Crippen LogP contribution in [-0.4, -0.2) is 6.09 Å². The number of aryl methyl sites for hydroxylation is 1. The normalized spacial score (nSPS) is 9.69. The zero-order valence-electron chi connectivity index (χ0n) is 7.63. The highest BCUT2D eigenvalue weighted by Crippen LogP contribution is 2.27. The summed E-state index contributed by atoms with van der Waals surface area (Å²) in [6.07, 6.45) is -0.822. The van der Waals surface area contributed by atoms with Crippen molar-refractivity contribution in [2.24, 2.45) is 5.73 Å². The van der Waals surface area contributed by atoms with Gasteiger partial charge in [-0.1, -0.05) is 6.07 Å². The molecule has 1 rings (SSSR count). The number of benzene rings is 1. The second-order valence-corrected chi connectivity index (χ2v) is 2.85. The van der Waals surface area contributed by atoms with Gasteiger partial charge in [0, 0.05) is 11.3 Å². The van der Waals surface area contributed by atoms with Crippen LogP contribution in [0.15, 0.2) is 12.1 Å². The van der Waals surface area contributed by atoms with Crippen molar-refractivity contribution in [2.75, 3.05) is 5.73 Å². The molecule has 4 heteroatoms. The Morgan fingerprint density at radius 2 is 2.00 bits per heavy atom. The molecule has 0 bridgehead atoms. The third-order valence-electron chi connectivity index (χ3n) is 1.85. The number of anilines is 1. The number of ether oxygens (including phenoxy) is 1. The topological polar surface area (TPSA) is 78.3 Å². The third-order valence-corrected chi connectivity index (χ3v) is 1.85.